The molecule has 0 atom stereocenters. The van der Waals surface area contributed by atoms with Crippen LogP contribution in [0, 0.1) is 6.92 Å². The summed E-state index contributed by atoms with van der Waals surface area (Å²) in [4.78, 5) is 9.46. The maximum atomic E-state index is 5.61. The van der Waals surface area contributed by atoms with Gasteiger partial charge in [-0.3, -0.25) is 0 Å². The van der Waals surface area contributed by atoms with Crippen molar-refractivity contribution in [2.24, 2.45) is 0 Å². The molecule has 0 saturated carbocycles. The average Bonchev–Trinajstić information content (AvgIpc) is 2.45. The zero-order chi connectivity index (χ0) is 15.9. The Morgan fingerprint density at radius 2 is 2.05 bits per heavy atom. The highest BCUT2D eigenvalue weighted by molar-refractivity contribution is 7.99. The molecule has 1 heterocycles. The van der Waals surface area contributed by atoms with Crippen LogP contribution < -0.4 is 4.74 Å². The van der Waals surface area contributed by atoms with Gasteiger partial charge in [0.25, 0.3) is 0 Å². The molecule has 0 unspecified atom stereocenters. The van der Waals surface area contributed by atoms with Crippen molar-refractivity contribution in [3.05, 3.63) is 34.9 Å². The van der Waals surface area contributed by atoms with Crippen LogP contribution in [0.4, 0.5) is 0 Å². The van der Waals surface area contributed by atoms with Crippen molar-refractivity contribution in [3.63, 3.8) is 0 Å². The number of nitrogens with zero attached hydrogens (tertiary/aromatic N) is 2. The quantitative estimate of drug-likeness (QED) is 0.621. The number of aromatic nitrogens is 2. The smallest absolute Gasteiger partial charge is 0.221 e. The molecule has 0 spiro atoms. The number of hydrogen-bond acceptors (Lipinski definition) is 4. The topological polar surface area (TPSA) is 35.0 Å². The lowest BCUT2D eigenvalue weighted by molar-refractivity contribution is 0.368. The number of hydrogen-bond donors (Lipinski definition) is 0. The number of aryl methyl sites for hydroxylation is 1. The highest BCUT2D eigenvalue weighted by Crippen LogP contribution is 2.46. The second-order valence-corrected chi connectivity index (χ2v) is 7.62. The largest absolute Gasteiger partial charge is 0.481 e. The molecule has 0 aliphatic heterocycles. The molecule has 22 heavy (non-hydrogen) atoms. The Morgan fingerprint density at radius 1 is 1.27 bits per heavy atom. The minimum absolute atomic E-state index is 0.0309. The van der Waals surface area contributed by atoms with Gasteiger partial charge in [-0.1, -0.05) is 56.3 Å². The third-order valence-corrected chi connectivity index (χ3v) is 4.88. The van der Waals surface area contributed by atoms with Crippen LogP contribution in [0.2, 0.25) is 0 Å². The lowest BCUT2D eigenvalue weighted by Crippen LogP contribution is -2.28. The van der Waals surface area contributed by atoms with Gasteiger partial charge in [0, 0.05) is 16.5 Å². The van der Waals surface area contributed by atoms with Crippen molar-refractivity contribution in [1.29, 1.82) is 0 Å². The number of fused-ring (bicyclic) bond motifs is 3. The maximum absolute atomic E-state index is 5.61. The van der Waals surface area contributed by atoms with E-state index in [1.54, 1.807) is 18.9 Å². The van der Waals surface area contributed by atoms with E-state index in [1.807, 2.05) is 0 Å². The maximum Gasteiger partial charge on any atom is 0.221 e. The molecule has 1 aromatic heterocycles. The number of rotatable bonds is 3. The SMILES string of the molecule is CCSc1nc(OC)c2c(n1)-c1ccc(C)cc1CC2(C)C. The normalized spacial score (nSPS) is 15.1. The van der Waals surface area contributed by atoms with Gasteiger partial charge in [-0.05, 0) is 24.7 Å². The molecule has 3 rings (SSSR count). The summed E-state index contributed by atoms with van der Waals surface area (Å²) in [6, 6.07) is 6.62. The fourth-order valence-electron chi connectivity index (χ4n) is 3.23. The second kappa shape index (κ2) is 5.58. The number of methoxy groups -OCH3 is 1. The fraction of sp³-hybridized carbons (Fsp3) is 0.444. The molecule has 4 heteroatoms. The van der Waals surface area contributed by atoms with E-state index in [4.69, 9.17) is 9.72 Å². The van der Waals surface area contributed by atoms with Gasteiger partial charge in [-0.2, -0.15) is 4.98 Å². The predicted molar refractivity (Wildman–Crippen MR) is 91.9 cm³/mol. The van der Waals surface area contributed by atoms with E-state index >= 15 is 0 Å². The van der Waals surface area contributed by atoms with Gasteiger partial charge in [0.1, 0.15) is 0 Å². The molecule has 0 saturated heterocycles. The van der Waals surface area contributed by atoms with Crippen molar-refractivity contribution in [2.45, 2.75) is 44.7 Å². The van der Waals surface area contributed by atoms with Crippen LogP contribution in [0.15, 0.2) is 23.4 Å². The van der Waals surface area contributed by atoms with Crippen LogP contribution in [-0.2, 0) is 11.8 Å². The van der Waals surface area contributed by atoms with Gasteiger partial charge in [0.2, 0.25) is 5.88 Å². The van der Waals surface area contributed by atoms with Gasteiger partial charge in [0.15, 0.2) is 5.16 Å². The molecule has 1 aliphatic rings. The Morgan fingerprint density at radius 3 is 2.73 bits per heavy atom. The molecule has 0 radical (unpaired) electrons. The van der Waals surface area contributed by atoms with E-state index in [1.165, 1.54) is 16.7 Å². The first-order chi connectivity index (χ1) is 10.5. The van der Waals surface area contributed by atoms with E-state index in [9.17, 15) is 0 Å². The summed E-state index contributed by atoms with van der Waals surface area (Å²) in [5.41, 5.74) is 6.02. The van der Waals surface area contributed by atoms with E-state index in [0.29, 0.717) is 0 Å². The highest BCUT2D eigenvalue weighted by Gasteiger charge is 2.36. The van der Waals surface area contributed by atoms with E-state index in [0.717, 1.165) is 34.5 Å². The summed E-state index contributed by atoms with van der Waals surface area (Å²) < 4.78 is 5.61. The second-order valence-electron chi connectivity index (χ2n) is 6.39. The van der Waals surface area contributed by atoms with Gasteiger partial charge in [-0.25, -0.2) is 4.98 Å². The molecular formula is C18H22N2OS. The highest BCUT2D eigenvalue weighted by atomic mass is 32.2. The summed E-state index contributed by atoms with van der Waals surface area (Å²) in [7, 11) is 1.70. The van der Waals surface area contributed by atoms with E-state index in [-0.39, 0.29) is 5.41 Å². The average molecular weight is 314 g/mol. The van der Waals surface area contributed by atoms with Gasteiger partial charge >= 0.3 is 0 Å². The molecule has 0 N–H and O–H groups in total. The zero-order valence-corrected chi connectivity index (χ0v) is 14.7. The molecule has 2 aromatic rings. The minimum Gasteiger partial charge on any atom is -0.481 e. The fourth-order valence-corrected chi connectivity index (χ4v) is 3.79. The van der Waals surface area contributed by atoms with Crippen molar-refractivity contribution in [1.82, 2.24) is 9.97 Å². The monoisotopic (exact) mass is 314 g/mol. The van der Waals surface area contributed by atoms with Crippen molar-refractivity contribution >= 4 is 11.8 Å². The molecule has 116 valence electrons. The summed E-state index contributed by atoms with van der Waals surface area (Å²) in [6.07, 6.45) is 0.983. The summed E-state index contributed by atoms with van der Waals surface area (Å²) in [6.45, 7) is 8.74. The summed E-state index contributed by atoms with van der Waals surface area (Å²) in [5, 5.41) is 0.794. The molecule has 1 aromatic carbocycles. The third-order valence-electron chi connectivity index (χ3n) is 4.15. The lowest BCUT2D eigenvalue weighted by Gasteiger charge is -2.34. The first-order valence-corrected chi connectivity index (χ1v) is 8.64. The molecule has 1 aliphatic carbocycles. The first-order valence-electron chi connectivity index (χ1n) is 7.65. The summed E-state index contributed by atoms with van der Waals surface area (Å²) >= 11 is 1.65. The van der Waals surface area contributed by atoms with E-state index in [2.05, 4.69) is 50.9 Å². The standard InChI is InChI=1S/C18H22N2OS/c1-6-22-17-19-15-13-8-7-11(2)9-12(13)10-18(3,4)14(15)16(20-17)21-5/h7-9H,6,10H2,1-5H3. The molecule has 3 nitrogen and oxygen atoms in total. The lowest BCUT2D eigenvalue weighted by atomic mass is 9.72. The molecule has 0 amide bonds. The Balaban J connectivity index is 2.30. The Kier molecular flexibility index (Phi) is 3.89. The Bertz CT molecular complexity index is 725. The third kappa shape index (κ3) is 2.50. The number of ether oxygens (including phenoxy) is 1. The Hall–Kier alpha value is -1.55. The van der Waals surface area contributed by atoms with Crippen LogP contribution in [0.3, 0.4) is 0 Å². The molecule has 0 fully saturated rings. The minimum atomic E-state index is -0.0309. The summed E-state index contributed by atoms with van der Waals surface area (Å²) in [5.74, 6) is 1.67. The van der Waals surface area contributed by atoms with Crippen LogP contribution in [0.5, 0.6) is 5.88 Å². The van der Waals surface area contributed by atoms with Gasteiger partial charge in [-0.15, -0.1) is 0 Å². The first kappa shape index (κ1) is 15.3. The van der Waals surface area contributed by atoms with Gasteiger partial charge in [0.05, 0.1) is 12.8 Å². The molecular weight excluding hydrogens is 292 g/mol. The van der Waals surface area contributed by atoms with Crippen molar-refractivity contribution < 1.29 is 4.74 Å². The predicted octanol–water partition coefficient (Wildman–Crippen LogP) is 4.41. The zero-order valence-electron chi connectivity index (χ0n) is 13.9. The van der Waals surface area contributed by atoms with Crippen LogP contribution in [0.25, 0.3) is 11.3 Å². The van der Waals surface area contributed by atoms with Crippen molar-refractivity contribution in [3.8, 4) is 17.1 Å². The number of thioether (sulfide) groups is 1. The molecule has 0 bridgehead atoms. The van der Waals surface area contributed by atoms with Crippen molar-refractivity contribution in [2.75, 3.05) is 12.9 Å². The number of benzene rings is 1. The van der Waals surface area contributed by atoms with Crippen LogP contribution in [0.1, 0.15) is 37.5 Å². The van der Waals surface area contributed by atoms with E-state index < -0.39 is 0 Å². The van der Waals surface area contributed by atoms with Gasteiger partial charge < -0.3 is 4.74 Å². The Labute approximate surface area is 136 Å². The van der Waals surface area contributed by atoms with Crippen LogP contribution in [-0.4, -0.2) is 22.8 Å². The van der Waals surface area contributed by atoms with Crippen LogP contribution >= 0.6 is 11.8 Å².